The van der Waals surface area contributed by atoms with Crippen LogP contribution in [0.2, 0.25) is 5.02 Å². The highest BCUT2D eigenvalue weighted by Crippen LogP contribution is 2.26. The Kier molecular flexibility index (Phi) is 10.7. The second kappa shape index (κ2) is 14.2. The van der Waals surface area contributed by atoms with E-state index in [-0.39, 0.29) is 24.9 Å². The first-order chi connectivity index (χ1) is 17.5. The Morgan fingerprint density at radius 2 is 1.69 bits per heavy atom. The predicted molar refractivity (Wildman–Crippen MR) is 137 cm³/mol. The highest BCUT2D eigenvalue weighted by Gasteiger charge is 2.31. The van der Waals surface area contributed by atoms with Crippen LogP contribution >= 0.6 is 11.6 Å². The summed E-state index contributed by atoms with van der Waals surface area (Å²) in [5.41, 5.74) is 1.32. The second-order valence-corrected chi connectivity index (χ2v) is 8.43. The molecule has 8 heteroatoms. The van der Waals surface area contributed by atoms with Crippen molar-refractivity contribution in [2.24, 2.45) is 0 Å². The van der Waals surface area contributed by atoms with Crippen molar-refractivity contribution < 1.29 is 23.5 Å². The molecule has 190 valence electrons. The average Bonchev–Trinajstić information content (AvgIpc) is 2.89. The molecule has 0 unspecified atom stereocenters. The maximum absolute atomic E-state index is 13.5. The molecule has 0 aliphatic heterocycles. The number of ether oxygens (including phenoxy) is 2. The van der Waals surface area contributed by atoms with Gasteiger partial charge in [-0.2, -0.15) is 0 Å². The third-order valence-corrected chi connectivity index (χ3v) is 5.73. The fourth-order valence-corrected chi connectivity index (χ4v) is 3.82. The number of nitrogens with one attached hydrogen (secondary N) is 1. The van der Waals surface area contributed by atoms with E-state index in [9.17, 15) is 14.0 Å². The molecule has 6 nitrogen and oxygen atoms in total. The van der Waals surface area contributed by atoms with E-state index in [4.69, 9.17) is 21.1 Å². The van der Waals surface area contributed by atoms with Gasteiger partial charge in [-0.1, -0.05) is 66.2 Å². The molecule has 0 fully saturated rings. The molecule has 0 heterocycles. The Balaban J connectivity index is 1.87. The van der Waals surface area contributed by atoms with Gasteiger partial charge in [0.15, 0.2) is 6.61 Å². The molecule has 1 N–H and O–H groups in total. The van der Waals surface area contributed by atoms with Gasteiger partial charge in [-0.05, 0) is 48.7 Å². The molecular weight excluding hydrogens is 483 g/mol. The van der Waals surface area contributed by atoms with Crippen molar-refractivity contribution in [1.82, 2.24) is 10.2 Å². The molecular formula is C28H30ClFN2O4. The standard InChI is InChI=1S/C28H30ClFN2O4/c1-2-35-18-8-17-31-28(34)27(22-9-4-3-5-10-22)32(19-21-13-15-23(30)16-14-21)26(33)20-36-25-12-7-6-11-24(25)29/h3-7,9-16,27H,2,8,17-20H2,1H3,(H,31,34)/t27-/m1/s1. The minimum Gasteiger partial charge on any atom is -0.482 e. The zero-order chi connectivity index (χ0) is 25.8. The number of halogens is 2. The van der Waals surface area contributed by atoms with Crippen molar-refractivity contribution in [3.63, 3.8) is 0 Å². The summed E-state index contributed by atoms with van der Waals surface area (Å²) in [6, 6.07) is 20.8. The van der Waals surface area contributed by atoms with Gasteiger partial charge in [-0.15, -0.1) is 0 Å². The maximum atomic E-state index is 13.5. The third-order valence-electron chi connectivity index (χ3n) is 5.42. The molecule has 0 saturated carbocycles. The van der Waals surface area contributed by atoms with Gasteiger partial charge in [0.25, 0.3) is 5.91 Å². The molecule has 0 bridgehead atoms. The lowest BCUT2D eigenvalue weighted by Crippen LogP contribution is -2.45. The second-order valence-electron chi connectivity index (χ2n) is 8.02. The van der Waals surface area contributed by atoms with Crippen molar-refractivity contribution in [1.29, 1.82) is 0 Å². The lowest BCUT2D eigenvalue weighted by molar-refractivity contribution is -0.143. The molecule has 1 atom stereocenters. The van der Waals surface area contributed by atoms with Crippen LogP contribution in [0, 0.1) is 5.82 Å². The van der Waals surface area contributed by atoms with E-state index in [0.29, 0.717) is 48.1 Å². The zero-order valence-corrected chi connectivity index (χ0v) is 20.9. The molecule has 0 spiro atoms. The summed E-state index contributed by atoms with van der Waals surface area (Å²) in [5.74, 6) is -0.764. The van der Waals surface area contributed by atoms with E-state index in [2.05, 4.69) is 5.32 Å². The molecule has 0 aliphatic carbocycles. The van der Waals surface area contributed by atoms with Gasteiger partial charge >= 0.3 is 0 Å². The van der Waals surface area contributed by atoms with Crippen LogP contribution in [-0.2, 0) is 20.9 Å². The van der Waals surface area contributed by atoms with E-state index in [0.717, 1.165) is 0 Å². The predicted octanol–water partition coefficient (Wildman–Crippen LogP) is 5.17. The summed E-state index contributed by atoms with van der Waals surface area (Å²) in [5, 5.41) is 3.30. The summed E-state index contributed by atoms with van der Waals surface area (Å²) in [6.45, 7) is 3.19. The first kappa shape index (κ1) is 27.2. The third kappa shape index (κ3) is 8.07. The number of para-hydroxylation sites is 1. The van der Waals surface area contributed by atoms with E-state index >= 15 is 0 Å². The van der Waals surface area contributed by atoms with E-state index in [1.54, 1.807) is 48.5 Å². The lowest BCUT2D eigenvalue weighted by atomic mass is 10.0. The maximum Gasteiger partial charge on any atom is 0.261 e. The molecule has 2 amide bonds. The van der Waals surface area contributed by atoms with Gasteiger partial charge in [0, 0.05) is 26.3 Å². The Morgan fingerprint density at radius 1 is 1.00 bits per heavy atom. The molecule has 0 radical (unpaired) electrons. The fraction of sp³-hybridized carbons (Fsp3) is 0.286. The number of carbonyl (C=O) groups excluding carboxylic acids is 2. The molecule has 0 aromatic heterocycles. The number of hydrogen-bond acceptors (Lipinski definition) is 4. The van der Waals surface area contributed by atoms with Crippen LogP contribution < -0.4 is 10.1 Å². The van der Waals surface area contributed by atoms with E-state index in [1.807, 2.05) is 25.1 Å². The smallest absolute Gasteiger partial charge is 0.261 e. The average molecular weight is 513 g/mol. The van der Waals surface area contributed by atoms with Crippen LogP contribution in [0.25, 0.3) is 0 Å². The number of amides is 2. The number of carbonyl (C=O) groups is 2. The Morgan fingerprint density at radius 3 is 2.39 bits per heavy atom. The van der Waals surface area contributed by atoms with Crippen molar-refractivity contribution in [3.8, 4) is 5.75 Å². The van der Waals surface area contributed by atoms with Gasteiger partial charge in [-0.3, -0.25) is 9.59 Å². The summed E-state index contributed by atoms with van der Waals surface area (Å²) < 4.78 is 24.6. The van der Waals surface area contributed by atoms with Crippen molar-refractivity contribution in [3.05, 3.63) is 101 Å². The Hall–Kier alpha value is -3.42. The minimum atomic E-state index is -0.925. The van der Waals surface area contributed by atoms with E-state index < -0.39 is 11.9 Å². The van der Waals surface area contributed by atoms with Gasteiger partial charge in [0.05, 0.1) is 5.02 Å². The number of benzene rings is 3. The number of rotatable bonds is 13. The van der Waals surface area contributed by atoms with Gasteiger partial charge in [0.2, 0.25) is 5.91 Å². The first-order valence-electron chi connectivity index (χ1n) is 11.8. The molecule has 36 heavy (non-hydrogen) atoms. The highest BCUT2D eigenvalue weighted by atomic mass is 35.5. The van der Waals surface area contributed by atoms with E-state index in [1.165, 1.54) is 17.0 Å². The van der Waals surface area contributed by atoms with Crippen molar-refractivity contribution in [2.75, 3.05) is 26.4 Å². The summed E-state index contributed by atoms with van der Waals surface area (Å²) in [7, 11) is 0. The molecule has 0 saturated heterocycles. The monoisotopic (exact) mass is 512 g/mol. The SMILES string of the molecule is CCOCCCNC(=O)[C@@H](c1ccccc1)N(Cc1ccc(F)cc1)C(=O)COc1ccccc1Cl. The lowest BCUT2D eigenvalue weighted by Gasteiger charge is -2.31. The molecule has 3 aromatic rings. The highest BCUT2D eigenvalue weighted by molar-refractivity contribution is 6.32. The first-order valence-corrected chi connectivity index (χ1v) is 12.2. The Labute approximate surface area is 216 Å². The fourth-order valence-electron chi connectivity index (χ4n) is 3.63. The van der Waals surface area contributed by atoms with Crippen molar-refractivity contribution >= 4 is 23.4 Å². The number of nitrogens with zero attached hydrogens (tertiary/aromatic N) is 1. The zero-order valence-electron chi connectivity index (χ0n) is 20.2. The summed E-state index contributed by atoms with van der Waals surface area (Å²) in [6.07, 6.45) is 0.641. The minimum absolute atomic E-state index is 0.0803. The van der Waals surface area contributed by atoms with Crippen LogP contribution in [0.3, 0.4) is 0 Å². The van der Waals surface area contributed by atoms with Gasteiger partial charge < -0.3 is 19.7 Å². The molecule has 0 aliphatic rings. The summed E-state index contributed by atoms with van der Waals surface area (Å²) in [4.78, 5) is 28.4. The quantitative estimate of drug-likeness (QED) is 0.321. The van der Waals surface area contributed by atoms with Crippen LogP contribution in [0.15, 0.2) is 78.9 Å². The largest absolute Gasteiger partial charge is 0.482 e. The van der Waals surface area contributed by atoms with Crippen LogP contribution in [0.4, 0.5) is 4.39 Å². The summed E-state index contributed by atoms with van der Waals surface area (Å²) >= 11 is 6.17. The van der Waals surface area contributed by atoms with Gasteiger partial charge in [0.1, 0.15) is 17.6 Å². The van der Waals surface area contributed by atoms with Crippen LogP contribution in [-0.4, -0.2) is 43.1 Å². The molecule has 3 rings (SSSR count). The van der Waals surface area contributed by atoms with Crippen molar-refractivity contribution in [2.45, 2.75) is 25.9 Å². The normalized spacial score (nSPS) is 11.5. The van der Waals surface area contributed by atoms with Crippen LogP contribution in [0.1, 0.15) is 30.5 Å². The molecule has 3 aromatic carbocycles. The number of hydrogen-bond donors (Lipinski definition) is 1. The topological polar surface area (TPSA) is 67.9 Å². The Bertz CT molecular complexity index is 1110. The van der Waals surface area contributed by atoms with Crippen LogP contribution in [0.5, 0.6) is 5.75 Å². The van der Waals surface area contributed by atoms with Gasteiger partial charge in [-0.25, -0.2) is 4.39 Å².